The van der Waals surface area contributed by atoms with Crippen molar-refractivity contribution in [2.45, 2.75) is 12.5 Å². The first-order valence-corrected chi connectivity index (χ1v) is 8.09. The Morgan fingerprint density at radius 3 is 2.78 bits per heavy atom. The van der Waals surface area contributed by atoms with E-state index in [1.54, 1.807) is 42.9 Å². The number of aromatic nitrogens is 2. The Hall–Kier alpha value is -2.26. The van der Waals surface area contributed by atoms with Crippen LogP contribution in [0.3, 0.4) is 0 Å². The maximum atomic E-state index is 10.3. The van der Waals surface area contributed by atoms with E-state index in [0.717, 1.165) is 21.0 Å². The Morgan fingerprint density at radius 2 is 2.04 bits per heavy atom. The van der Waals surface area contributed by atoms with Crippen molar-refractivity contribution in [2.75, 3.05) is 0 Å². The third kappa shape index (κ3) is 3.57. The zero-order chi connectivity index (χ0) is 16.2. The lowest BCUT2D eigenvalue weighted by Crippen LogP contribution is -2.00. The van der Waals surface area contributed by atoms with Gasteiger partial charge in [0.2, 0.25) is 0 Å². The summed E-state index contributed by atoms with van der Waals surface area (Å²) >= 11 is 7.44. The highest BCUT2D eigenvalue weighted by molar-refractivity contribution is 7.15. The van der Waals surface area contributed by atoms with Crippen LogP contribution in [0.25, 0.3) is 10.6 Å². The normalized spacial score (nSPS) is 11.9. The summed E-state index contributed by atoms with van der Waals surface area (Å²) in [7, 11) is 0. The van der Waals surface area contributed by atoms with Gasteiger partial charge in [0.05, 0.1) is 16.7 Å². The molecule has 4 nitrogen and oxygen atoms in total. The lowest BCUT2D eigenvalue weighted by atomic mass is 10.1. The molecule has 1 aromatic carbocycles. The average molecular weight is 342 g/mol. The maximum absolute atomic E-state index is 10.3. The Bertz CT molecular complexity index is 858. The highest BCUT2D eigenvalue weighted by Gasteiger charge is 2.12. The molecule has 0 aliphatic heterocycles. The highest BCUT2D eigenvalue weighted by atomic mass is 35.5. The molecule has 1 atom stereocenters. The van der Waals surface area contributed by atoms with Crippen LogP contribution in [0.4, 0.5) is 0 Å². The Kier molecular flexibility index (Phi) is 4.68. The molecular weight excluding hydrogens is 330 g/mol. The van der Waals surface area contributed by atoms with Crippen LogP contribution in [-0.4, -0.2) is 15.1 Å². The van der Waals surface area contributed by atoms with E-state index in [2.05, 4.69) is 16.0 Å². The molecule has 0 radical (unpaired) electrons. The van der Waals surface area contributed by atoms with Crippen LogP contribution in [-0.2, 0) is 6.42 Å². The highest BCUT2D eigenvalue weighted by Crippen LogP contribution is 2.30. The molecule has 0 fully saturated rings. The maximum Gasteiger partial charge on any atom is 0.123 e. The largest absolute Gasteiger partial charge is 0.388 e. The molecule has 2 heterocycles. The monoisotopic (exact) mass is 341 g/mol. The first kappa shape index (κ1) is 15.6. The number of aliphatic hydroxyl groups is 1. The van der Waals surface area contributed by atoms with Crippen LogP contribution < -0.4 is 0 Å². The van der Waals surface area contributed by atoms with Gasteiger partial charge >= 0.3 is 0 Å². The van der Waals surface area contributed by atoms with Gasteiger partial charge in [0.25, 0.3) is 0 Å². The molecule has 1 N–H and O–H groups in total. The smallest absolute Gasteiger partial charge is 0.123 e. The molecule has 6 heteroatoms. The number of aliphatic hydroxyl groups excluding tert-OH is 1. The minimum atomic E-state index is -0.591. The van der Waals surface area contributed by atoms with Crippen LogP contribution in [0.5, 0.6) is 0 Å². The molecule has 3 aromatic rings. The molecule has 0 spiro atoms. The van der Waals surface area contributed by atoms with E-state index < -0.39 is 6.10 Å². The van der Waals surface area contributed by atoms with Crippen molar-refractivity contribution < 1.29 is 5.11 Å². The molecule has 3 rings (SSSR count). The number of nitrogens with zero attached hydrogens (tertiary/aromatic N) is 3. The molecule has 0 aliphatic carbocycles. The van der Waals surface area contributed by atoms with Crippen molar-refractivity contribution in [3.63, 3.8) is 0 Å². The molecule has 0 bridgehead atoms. The average Bonchev–Trinajstić information content (AvgIpc) is 3.04. The minimum absolute atomic E-state index is 0.428. The van der Waals surface area contributed by atoms with Gasteiger partial charge in [-0.2, -0.15) is 5.26 Å². The van der Waals surface area contributed by atoms with Crippen LogP contribution in [0.15, 0.2) is 48.9 Å². The van der Waals surface area contributed by atoms with Gasteiger partial charge in [-0.15, -0.1) is 11.3 Å². The van der Waals surface area contributed by atoms with Gasteiger partial charge in [-0.1, -0.05) is 17.7 Å². The van der Waals surface area contributed by atoms with Gasteiger partial charge < -0.3 is 5.11 Å². The molecule has 0 saturated heterocycles. The Labute approximate surface area is 142 Å². The lowest BCUT2D eigenvalue weighted by Gasteiger charge is -2.08. The van der Waals surface area contributed by atoms with Crippen molar-refractivity contribution in [1.82, 2.24) is 9.97 Å². The van der Waals surface area contributed by atoms with Gasteiger partial charge in [-0.3, -0.25) is 4.98 Å². The fourth-order valence-electron chi connectivity index (χ4n) is 2.17. The number of pyridine rings is 1. The number of nitriles is 1. The molecule has 114 valence electrons. The zero-order valence-corrected chi connectivity index (χ0v) is 13.6. The van der Waals surface area contributed by atoms with Crippen LogP contribution in [0.2, 0.25) is 5.02 Å². The number of hydrogen-bond acceptors (Lipinski definition) is 5. The van der Waals surface area contributed by atoms with E-state index in [1.165, 1.54) is 11.3 Å². The van der Waals surface area contributed by atoms with Crippen molar-refractivity contribution in [1.29, 1.82) is 5.26 Å². The van der Waals surface area contributed by atoms with Gasteiger partial charge in [-0.25, -0.2) is 4.98 Å². The molecule has 23 heavy (non-hydrogen) atoms. The van der Waals surface area contributed by atoms with Gasteiger partial charge in [0.15, 0.2) is 0 Å². The standard InChI is InChI=1S/C17H12ClN3OS/c18-15-2-1-12(7-13(15)9-19)17-21-10-14(23-17)8-16(22)11-3-5-20-6-4-11/h1-7,10,16,22H,8H2. The number of rotatable bonds is 4. The molecule has 2 aromatic heterocycles. The summed E-state index contributed by atoms with van der Waals surface area (Å²) in [5, 5.41) is 20.5. The van der Waals surface area contributed by atoms with Gasteiger partial charge in [0.1, 0.15) is 11.1 Å². The summed E-state index contributed by atoms with van der Waals surface area (Å²) in [6, 6.07) is 10.9. The number of hydrogen-bond donors (Lipinski definition) is 1. The molecular formula is C17H12ClN3OS. The van der Waals surface area contributed by atoms with E-state index >= 15 is 0 Å². The first-order chi connectivity index (χ1) is 11.2. The zero-order valence-electron chi connectivity index (χ0n) is 12.0. The summed E-state index contributed by atoms with van der Waals surface area (Å²) in [5.41, 5.74) is 2.10. The second kappa shape index (κ2) is 6.88. The second-order valence-electron chi connectivity index (χ2n) is 4.94. The SMILES string of the molecule is N#Cc1cc(-c2ncc(CC(O)c3ccncc3)s2)ccc1Cl. The Morgan fingerprint density at radius 1 is 1.26 bits per heavy atom. The first-order valence-electron chi connectivity index (χ1n) is 6.90. The third-order valence-electron chi connectivity index (χ3n) is 3.37. The third-order valence-corrected chi connectivity index (χ3v) is 4.77. The van der Waals surface area contributed by atoms with Crippen molar-refractivity contribution >= 4 is 22.9 Å². The number of halogens is 1. The quantitative estimate of drug-likeness (QED) is 0.778. The van der Waals surface area contributed by atoms with Crippen LogP contribution in [0, 0.1) is 11.3 Å². The summed E-state index contributed by atoms with van der Waals surface area (Å²) in [4.78, 5) is 9.29. The Balaban J connectivity index is 1.80. The molecule has 0 aliphatic rings. The fraction of sp³-hybridized carbons (Fsp3) is 0.118. The summed E-state index contributed by atoms with van der Waals surface area (Å²) < 4.78 is 0. The van der Waals surface area contributed by atoms with Crippen molar-refractivity contribution in [3.05, 3.63) is 69.9 Å². The summed E-state index contributed by atoms with van der Waals surface area (Å²) in [6.07, 6.45) is 4.97. The summed E-state index contributed by atoms with van der Waals surface area (Å²) in [6.45, 7) is 0. The van der Waals surface area contributed by atoms with Crippen molar-refractivity contribution in [3.8, 4) is 16.6 Å². The van der Waals surface area contributed by atoms with E-state index in [1.807, 2.05) is 6.07 Å². The topological polar surface area (TPSA) is 69.8 Å². The van der Waals surface area contributed by atoms with Crippen molar-refractivity contribution in [2.24, 2.45) is 0 Å². The predicted molar refractivity (Wildman–Crippen MR) is 90.2 cm³/mol. The lowest BCUT2D eigenvalue weighted by molar-refractivity contribution is 0.179. The van der Waals surface area contributed by atoms with E-state index in [4.69, 9.17) is 16.9 Å². The molecule has 0 amide bonds. The minimum Gasteiger partial charge on any atom is -0.388 e. The fourth-order valence-corrected chi connectivity index (χ4v) is 3.28. The molecule has 0 saturated carbocycles. The van der Waals surface area contributed by atoms with Crippen LogP contribution >= 0.6 is 22.9 Å². The van der Waals surface area contributed by atoms with E-state index in [0.29, 0.717) is 17.0 Å². The van der Waals surface area contributed by atoms with E-state index in [-0.39, 0.29) is 0 Å². The van der Waals surface area contributed by atoms with Crippen LogP contribution in [0.1, 0.15) is 22.1 Å². The van der Waals surface area contributed by atoms with Gasteiger partial charge in [-0.05, 0) is 29.8 Å². The number of benzene rings is 1. The summed E-state index contributed by atoms with van der Waals surface area (Å²) in [5.74, 6) is 0. The molecule has 1 unspecified atom stereocenters. The number of thiazole rings is 1. The van der Waals surface area contributed by atoms with Gasteiger partial charge in [0, 0.05) is 35.5 Å². The predicted octanol–water partition coefficient (Wildman–Crippen LogP) is 4.01. The second-order valence-corrected chi connectivity index (χ2v) is 6.46. The van der Waals surface area contributed by atoms with E-state index in [9.17, 15) is 5.11 Å².